The summed E-state index contributed by atoms with van der Waals surface area (Å²) in [5, 5.41) is 11.5. The van der Waals surface area contributed by atoms with Crippen LogP contribution in [0.2, 0.25) is 0 Å². The number of carbonyl (C=O) groups excluding carboxylic acids is 1. The van der Waals surface area contributed by atoms with Crippen LogP contribution in [0.4, 0.5) is 5.82 Å². The van der Waals surface area contributed by atoms with Crippen LogP contribution in [-0.2, 0) is 0 Å². The van der Waals surface area contributed by atoms with E-state index in [9.17, 15) is 4.79 Å². The molecule has 1 saturated heterocycles. The monoisotopic (exact) mass is 352 g/mol. The average Bonchev–Trinajstić information content (AvgIpc) is 3.30. The summed E-state index contributed by atoms with van der Waals surface area (Å²) in [4.78, 5) is 16.7. The van der Waals surface area contributed by atoms with Gasteiger partial charge in [-0.15, -0.1) is 0 Å². The zero-order chi connectivity index (χ0) is 17.1. The first-order chi connectivity index (χ1) is 12.3. The van der Waals surface area contributed by atoms with Crippen LogP contribution in [0.5, 0.6) is 0 Å². The predicted molar refractivity (Wildman–Crippen MR) is 101 cm³/mol. The zero-order valence-electron chi connectivity index (χ0n) is 13.9. The van der Waals surface area contributed by atoms with Crippen molar-refractivity contribution in [3.05, 3.63) is 58.8 Å². The van der Waals surface area contributed by atoms with Gasteiger partial charge >= 0.3 is 0 Å². The zero-order valence-corrected chi connectivity index (χ0v) is 14.7. The lowest BCUT2D eigenvalue weighted by molar-refractivity contribution is 0.0767. The molecule has 1 amide bonds. The molecule has 6 heteroatoms. The third-order valence-electron chi connectivity index (χ3n) is 4.52. The first kappa shape index (κ1) is 15.9. The molecule has 1 fully saturated rings. The number of aromatic amines is 1. The number of aromatic nitrogens is 2. The van der Waals surface area contributed by atoms with E-state index in [0.717, 1.165) is 55.2 Å². The van der Waals surface area contributed by atoms with E-state index in [2.05, 4.69) is 33.3 Å². The van der Waals surface area contributed by atoms with Crippen molar-refractivity contribution in [2.75, 3.05) is 31.1 Å². The SMILES string of the molecule is O=C(c1ccsc1)N1CCCN(c2cc(-c3ccccc3)[nH]n2)CC1. The summed E-state index contributed by atoms with van der Waals surface area (Å²) in [5.74, 6) is 1.08. The van der Waals surface area contributed by atoms with Crippen molar-refractivity contribution in [3.63, 3.8) is 0 Å². The van der Waals surface area contributed by atoms with E-state index >= 15 is 0 Å². The summed E-state index contributed by atoms with van der Waals surface area (Å²) < 4.78 is 0. The first-order valence-corrected chi connectivity index (χ1v) is 9.43. The van der Waals surface area contributed by atoms with Gasteiger partial charge in [0, 0.05) is 37.6 Å². The van der Waals surface area contributed by atoms with E-state index in [4.69, 9.17) is 0 Å². The van der Waals surface area contributed by atoms with Gasteiger partial charge in [-0.05, 0) is 23.4 Å². The van der Waals surface area contributed by atoms with Crippen LogP contribution in [0.3, 0.4) is 0 Å². The summed E-state index contributed by atoms with van der Waals surface area (Å²) in [6.07, 6.45) is 0.948. The number of nitrogens with zero attached hydrogens (tertiary/aromatic N) is 3. The molecule has 1 aromatic carbocycles. The average molecular weight is 352 g/mol. The van der Waals surface area contributed by atoms with Crippen molar-refractivity contribution in [1.29, 1.82) is 0 Å². The minimum atomic E-state index is 0.134. The molecule has 128 valence electrons. The molecule has 5 nitrogen and oxygen atoms in total. The Hall–Kier alpha value is -2.60. The highest BCUT2D eigenvalue weighted by atomic mass is 32.1. The van der Waals surface area contributed by atoms with Gasteiger partial charge < -0.3 is 9.80 Å². The number of carbonyl (C=O) groups is 1. The molecule has 25 heavy (non-hydrogen) atoms. The number of thiophene rings is 1. The second-order valence-electron chi connectivity index (χ2n) is 6.15. The second kappa shape index (κ2) is 7.11. The Labute approximate surface area is 150 Å². The molecule has 0 spiro atoms. The van der Waals surface area contributed by atoms with Gasteiger partial charge in [0.15, 0.2) is 5.82 Å². The summed E-state index contributed by atoms with van der Waals surface area (Å²) in [7, 11) is 0. The molecule has 0 bridgehead atoms. The Bertz CT molecular complexity index is 828. The van der Waals surface area contributed by atoms with Crippen LogP contribution >= 0.6 is 11.3 Å². The van der Waals surface area contributed by atoms with Gasteiger partial charge in [-0.25, -0.2) is 0 Å². The summed E-state index contributed by atoms with van der Waals surface area (Å²) in [6.45, 7) is 3.23. The summed E-state index contributed by atoms with van der Waals surface area (Å²) in [5.41, 5.74) is 2.95. The fourth-order valence-corrected chi connectivity index (χ4v) is 3.79. The fourth-order valence-electron chi connectivity index (χ4n) is 3.16. The highest BCUT2D eigenvalue weighted by Crippen LogP contribution is 2.22. The molecule has 0 saturated carbocycles. The Morgan fingerprint density at radius 2 is 1.96 bits per heavy atom. The molecule has 0 atom stereocenters. The van der Waals surface area contributed by atoms with E-state index in [1.165, 1.54) is 0 Å². The molecular weight excluding hydrogens is 332 g/mol. The number of hydrogen-bond donors (Lipinski definition) is 1. The maximum absolute atomic E-state index is 12.5. The van der Waals surface area contributed by atoms with E-state index < -0.39 is 0 Å². The van der Waals surface area contributed by atoms with Crippen molar-refractivity contribution < 1.29 is 4.79 Å². The molecule has 1 N–H and O–H groups in total. The second-order valence-corrected chi connectivity index (χ2v) is 6.93. The van der Waals surface area contributed by atoms with E-state index in [1.54, 1.807) is 11.3 Å². The van der Waals surface area contributed by atoms with Crippen LogP contribution < -0.4 is 4.90 Å². The molecule has 3 aromatic rings. The smallest absolute Gasteiger partial charge is 0.254 e. The van der Waals surface area contributed by atoms with Gasteiger partial charge in [0.1, 0.15) is 0 Å². The molecule has 4 rings (SSSR count). The molecule has 3 heterocycles. The first-order valence-electron chi connectivity index (χ1n) is 8.48. The Morgan fingerprint density at radius 3 is 2.76 bits per heavy atom. The summed E-state index contributed by atoms with van der Waals surface area (Å²) in [6, 6.07) is 14.2. The molecule has 0 unspecified atom stereocenters. The van der Waals surface area contributed by atoms with Crippen LogP contribution in [-0.4, -0.2) is 47.2 Å². The largest absolute Gasteiger partial charge is 0.353 e. The minimum absolute atomic E-state index is 0.134. The predicted octanol–water partition coefficient (Wildman–Crippen LogP) is 3.49. The molecule has 0 radical (unpaired) electrons. The topological polar surface area (TPSA) is 52.2 Å². The number of nitrogens with one attached hydrogen (secondary N) is 1. The Kier molecular flexibility index (Phi) is 4.52. The van der Waals surface area contributed by atoms with E-state index in [0.29, 0.717) is 0 Å². The van der Waals surface area contributed by atoms with Crippen LogP contribution in [0.15, 0.2) is 53.2 Å². The highest BCUT2D eigenvalue weighted by molar-refractivity contribution is 7.08. The van der Waals surface area contributed by atoms with Crippen LogP contribution in [0.25, 0.3) is 11.3 Å². The number of hydrogen-bond acceptors (Lipinski definition) is 4. The van der Waals surface area contributed by atoms with Gasteiger partial charge in [-0.1, -0.05) is 30.3 Å². The van der Waals surface area contributed by atoms with E-state index in [1.807, 2.05) is 39.9 Å². The van der Waals surface area contributed by atoms with Crippen molar-refractivity contribution >= 4 is 23.1 Å². The number of H-pyrrole nitrogens is 1. The number of benzene rings is 1. The summed E-state index contributed by atoms with van der Waals surface area (Å²) >= 11 is 1.56. The van der Waals surface area contributed by atoms with Crippen LogP contribution in [0.1, 0.15) is 16.8 Å². The third-order valence-corrected chi connectivity index (χ3v) is 5.21. The number of anilines is 1. The maximum Gasteiger partial charge on any atom is 0.254 e. The highest BCUT2D eigenvalue weighted by Gasteiger charge is 2.21. The third kappa shape index (κ3) is 3.44. The quantitative estimate of drug-likeness (QED) is 0.785. The normalized spacial score (nSPS) is 15.2. The van der Waals surface area contributed by atoms with Crippen molar-refractivity contribution in [2.45, 2.75) is 6.42 Å². The number of amides is 1. The maximum atomic E-state index is 12.5. The molecule has 2 aromatic heterocycles. The van der Waals surface area contributed by atoms with Gasteiger partial charge in [-0.2, -0.15) is 16.4 Å². The van der Waals surface area contributed by atoms with Crippen LogP contribution in [0, 0.1) is 0 Å². The lowest BCUT2D eigenvalue weighted by atomic mass is 10.1. The van der Waals surface area contributed by atoms with Gasteiger partial charge in [0.2, 0.25) is 0 Å². The van der Waals surface area contributed by atoms with Gasteiger partial charge in [0.05, 0.1) is 11.3 Å². The van der Waals surface area contributed by atoms with Gasteiger partial charge in [-0.3, -0.25) is 9.89 Å². The molecular formula is C19H20N4OS. The standard InChI is InChI=1S/C19H20N4OS/c24-19(16-7-12-25-14-16)23-9-4-8-22(10-11-23)18-13-17(20-21-18)15-5-2-1-3-6-15/h1-3,5-7,12-14H,4,8-11H2,(H,20,21). The molecule has 1 aliphatic rings. The molecule has 1 aliphatic heterocycles. The lowest BCUT2D eigenvalue weighted by Crippen LogP contribution is -2.35. The fraction of sp³-hybridized carbons (Fsp3) is 0.263. The van der Waals surface area contributed by atoms with Crippen molar-refractivity contribution in [1.82, 2.24) is 15.1 Å². The number of rotatable bonds is 3. The Morgan fingerprint density at radius 1 is 1.08 bits per heavy atom. The van der Waals surface area contributed by atoms with E-state index in [-0.39, 0.29) is 5.91 Å². The van der Waals surface area contributed by atoms with Crippen molar-refractivity contribution in [2.24, 2.45) is 0 Å². The minimum Gasteiger partial charge on any atom is -0.353 e. The van der Waals surface area contributed by atoms with Gasteiger partial charge in [0.25, 0.3) is 5.91 Å². The molecule has 0 aliphatic carbocycles. The Balaban J connectivity index is 1.45. The lowest BCUT2D eigenvalue weighted by Gasteiger charge is -2.21. The van der Waals surface area contributed by atoms with Crippen molar-refractivity contribution in [3.8, 4) is 11.3 Å².